The van der Waals surface area contributed by atoms with Gasteiger partial charge in [-0.05, 0) is 31.0 Å². The zero-order chi connectivity index (χ0) is 13.8. The van der Waals surface area contributed by atoms with Gasteiger partial charge in [-0.1, -0.05) is 6.07 Å². The molecule has 1 amide bonds. The minimum absolute atomic E-state index is 0.354. The molecule has 0 fully saturated rings. The molecule has 6 heteroatoms. The number of nitrogens with one attached hydrogen (secondary N) is 1. The van der Waals surface area contributed by atoms with Crippen LogP contribution in [0.3, 0.4) is 0 Å². The van der Waals surface area contributed by atoms with Crippen molar-refractivity contribution in [1.82, 2.24) is 9.88 Å². The van der Waals surface area contributed by atoms with E-state index < -0.39 is 6.09 Å². The molecular formula is C13H16N2O4. The fraction of sp³-hybridized carbons (Fsp3) is 0.385. The predicted octanol–water partition coefficient (Wildman–Crippen LogP) is 1.42. The first kappa shape index (κ1) is 13.2. The van der Waals surface area contributed by atoms with Crippen LogP contribution >= 0.6 is 0 Å². The Bertz CT molecular complexity index is 642. The Kier molecular flexibility index (Phi) is 3.89. The van der Waals surface area contributed by atoms with E-state index in [1.807, 2.05) is 18.2 Å². The lowest BCUT2D eigenvalue weighted by Crippen LogP contribution is -2.26. The van der Waals surface area contributed by atoms with Crippen molar-refractivity contribution in [3.8, 4) is 0 Å². The fourth-order valence-electron chi connectivity index (χ4n) is 1.82. The molecule has 1 aromatic carbocycles. The van der Waals surface area contributed by atoms with E-state index in [1.165, 1.54) is 4.57 Å². The van der Waals surface area contributed by atoms with Crippen LogP contribution in [0.5, 0.6) is 0 Å². The summed E-state index contributed by atoms with van der Waals surface area (Å²) in [6.45, 7) is 2.58. The smallest absolute Gasteiger partial charge is 0.419 e. The number of aryl methyl sites for hydroxylation is 1. The highest BCUT2D eigenvalue weighted by molar-refractivity contribution is 5.73. The van der Waals surface area contributed by atoms with Crippen LogP contribution < -0.4 is 11.1 Å². The van der Waals surface area contributed by atoms with Crippen molar-refractivity contribution >= 4 is 17.2 Å². The van der Waals surface area contributed by atoms with Gasteiger partial charge in [0.25, 0.3) is 0 Å². The molecule has 2 rings (SSSR count). The standard InChI is InChI=1S/C13H16N2O4/c1-3-18-12(16)14-7-6-9-4-5-10-11(8-9)19-13(17)15(10)2/h4-5,8H,3,6-7H2,1-2H3,(H,14,16). The van der Waals surface area contributed by atoms with Gasteiger partial charge in [-0.25, -0.2) is 9.59 Å². The van der Waals surface area contributed by atoms with E-state index in [1.54, 1.807) is 14.0 Å². The Labute approximate surface area is 110 Å². The molecule has 0 aliphatic heterocycles. The van der Waals surface area contributed by atoms with Crippen molar-refractivity contribution in [3.63, 3.8) is 0 Å². The number of nitrogens with zero attached hydrogens (tertiary/aromatic N) is 1. The number of alkyl carbamates (subject to hydrolysis) is 1. The van der Waals surface area contributed by atoms with Gasteiger partial charge in [-0.15, -0.1) is 0 Å². The molecule has 102 valence electrons. The number of hydrogen-bond acceptors (Lipinski definition) is 4. The zero-order valence-electron chi connectivity index (χ0n) is 10.9. The lowest BCUT2D eigenvalue weighted by atomic mass is 10.1. The molecule has 0 unspecified atom stereocenters. The van der Waals surface area contributed by atoms with Crippen LogP contribution in [0.2, 0.25) is 0 Å². The SMILES string of the molecule is CCOC(=O)NCCc1ccc2c(c1)oc(=O)n2C. The molecule has 0 saturated heterocycles. The highest BCUT2D eigenvalue weighted by Gasteiger charge is 2.06. The molecule has 0 aliphatic rings. The van der Waals surface area contributed by atoms with Crippen molar-refractivity contribution in [2.24, 2.45) is 7.05 Å². The third kappa shape index (κ3) is 2.96. The molecule has 1 aromatic heterocycles. The average molecular weight is 264 g/mol. The summed E-state index contributed by atoms with van der Waals surface area (Å²) in [6, 6.07) is 5.55. The van der Waals surface area contributed by atoms with Gasteiger partial charge in [0.15, 0.2) is 5.58 Å². The number of fused-ring (bicyclic) bond motifs is 1. The van der Waals surface area contributed by atoms with Crippen molar-refractivity contribution in [3.05, 3.63) is 34.3 Å². The summed E-state index contributed by atoms with van der Waals surface area (Å²) in [6.07, 6.45) is 0.225. The molecular weight excluding hydrogens is 248 g/mol. The topological polar surface area (TPSA) is 73.5 Å². The summed E-state index contributed by atoms with van der Waals surface area (Å²) in [7, 11) is 1.66. The van der Waals surface area contributed by atoms with Crippen molar-refractivity contribution in [2.75, 3.05) is 13.2 Å². The highest BCUT2D eigenvalue weighted by Crippen LogP contribution is 2.14. The van der Waals surface area contributed by atoms with E-state index in [0.29, 0.717) is 25.2 Å². The monoisotopic (exact) mass is 264 g/mol. The average Bonchev–Trinajstić information content (AvgIpc) is 2.65. The second-order valence-electron chi connectivity index (χ2n) is 4.13. The van der Waals surface area contributed by atoms with Crippen LogP contribution in [-0.2, 0) is 18.2 Å². The number of aromatic nitrogens is 1. The molecule has 6 nitrogen and oxygen atoms in total. The largest absolute Gasteiger partial charge is 0.450 e. The molecule has 1 heterocycles. The van der Waals surface area contributed by atoms with Gasteiger partial charge in [-0.2, -0.15) is 0 Å². The number of hydrogen-bond donors (Lipinski definition) is 1. The van der Waals surface area contributed by atoms with Gasteiger partial charge in [0.05, 0.1) is 12.1 Å². The van der Waals surface area contributed by atoms with Crippen LogP contribution in [0.4, 0.5) is 4.79 Å². The van der Waals surface area contributed by atoms with E-state index in [2.05, 4.69) is 5.32 Å². The van der Waals surface area contributed by atoms with Gasteiger partial charge in [0.1, 0.15) is 0 Å². The van der Waals surface area contributed by atoms with Crippen LogP contribution in [0, 0.1) is 0 Å². The van der Waals surface area contributed by atoms with Gasteiger partial charge in [0.2, 0.25) is 0 Å². The minimum Gasteiger partial charge on any atom is -0.450 e. The molecule has 0 saturated carbocycles. The second kappa shape index (κ2) is 5.60. The third-order valence-electron chi connectivity index (χ3n) is 2.82. The Balaban J connectivity index is 2.02. The number of carbonyl (C=O) groups excluding carboxylic acids is 1. The second-order valence-corrected chi connectivity index (χ2v) is 4.13. The third-order valence-corrected chi connectivity index (χ3v) is 2.82. The number of rotatable bonds is 4. The zero-order valence-corrected chi connectivity index (χ0v) is 10.9. The van der Waals surface area contributed by atoms with E-state index >= 15 is 0 Å². The Hall–Kier alpha value is -2.24. The number of benzene rings is 1. The summed E-state index contributed by atoms with van der Waals surface area (Å²) >= 11 is 0. The van der Waals surface area contributed by atoms with Gasteiger partial charge in [0, 0.05) is 13.6 Å². The summed E-state index contributed by atoms with van der Waals surface area (Å²) in [5.41, 5.74) is 2.30. The Morgan fingerprint density at radius 3 is 3.00 bits per heavy atom. The lowest BCUT2D eigenvalue weighted by molar-refractivity contribution is 0.152. The van der Waals surface area contributed by atoms with Crippen molar-refractivity contribution < 1.29 is 13.9 Å². The van der Waals surface area contributed by atoms with Crippen LogP contribution in [0.25, 0.3) is 11.1 Å². The first-order chi connectivity index (χ1) is 9.11. The summed E-state index contributed by atoms with van der Waals surface area (Å²) in [5, 5.41) is 2.64. The van der Waals surface area contributed by atoms with E-state index in [0.717, 1.165) is 11.1 Å². The summed E-state index contributed by atoms with van der Waals surface area (Å²) in [4.78, 5) is 22.4. The molecule has 2 aromatic rings. The number of amides is 1. The van der Waals surface area contributed by atoms with Gasteiger partial charge in [-0.3, -0.25) is 4.57 Å². The molecule has 1 N–H and O–H groups in total. The molecule has 0 radical (unpaired) electrons. The van der Waals surface area contributed by atoms with Crippen LogP contribution in [-0.4, -0.2) is 23.8 Å². The maximum atomic E-state index is 11.3. The molecule has 0 atom stereocenters. The summed E-state index contributed by atoms with van der Waals surface area (Å²) < 4.78 is 11.3. The highest BCUT2D eigenvalue weighted by atomic mass is 16.5. The Morgan fingerprint density at radius 2 is 2.26 bits per heavy atom. The van der Waals surface area contributed by atoms with E-state index in [9.17, 15) is 9.59 Å². The lowest BCUT2D eigenvalue weighted by Gasteiger charge is -2.05. The summed E-state index contributed by atoms with van der Waals surface area (Å²) in [5.74, 6) is -0.378. The number of oxazole rings is 1. The van der Waals surface area contributed by atoms with E-state index in [-0.39, 0.29) is 5.76 Å². The molecule has 0 spiro atoms. The predicted molar refractivity (Wildman–Crippen MR) is 70.2 cm³/mol. The van der Waals surface area contributed by atoms with E-state index in [4.69, 9.17) is 9.15 Å². The van der Waals surface area contributed by atoms with Gasteiger partial charge >= 0.3 is 11.8 Å². The number of carbonyl (C=O) groups is 1. The number of ether oxygens (including phenoxy) is 1. The minimum atomic E-state index is -0.421. The van der Waals surface area contributed by atoms with Gasteiger partial charge < -0.3 is 14.5 Å². The first-order valence-electron chi connectivity index (χ1n) is 6.11. The maximum absolute atomic E-state index is 11.3. The van der Waals surface area contributed by atoms with Crippen molar-refractivity contribution in [2.45, 2.75) is 13.3 Å². The Morgan fingerprint density at radius 1 is 1.47 bits per heavy atom. The maximum Gasteiger partial charge on any atom is 0.419 e. The fourth-order valence-corrected chi connectivity index (χ4v) is 1.82. The van der Waals surface area contributed by atoms with Crippen molar-refractivity contribution in [1.29, 1.82) is 0 Å². The molecule has 0 aliphatic carbocycles. The van der Waals surface area contributed by atoms with Crippen LogP contribution in [0.1, 0.15) is 12.5 Å². The first-order valence-corrected chi connectivity index (χ1v) is 6.11. The quantitative estimate of drug-likeness (QED) is 0.906. The molecule has 19 heavy (non-hydrogen) atoms. The van der Waals surface area contributed by atoms with Crippen LogP contribution in [0.15, 0.2) is 27.4 Å². The normalized spacial score (nSPS) is 10.6. The molecule has 0 bridgehead atoms.